The van der Waals surface area contributed by atoms with Crippen molar-refractivity contribution in [2.75, 3.05) is 31.1 Å². The molecule has 5 nitrogen and oxygen atoms in total. The van der Waals surface area contributed by atoms with Crippen molar-refractivity contribution in [2.24, 2.45) is 5.92 Å². The number of nitrogens with zero attached hydrogens (tertiary/aromatic N) is 4. The van der Waals surface area contributed by atoms with Crippen molar-refractivity contribution in [3.8, 4) is 5.69 Å². The molecular weight excluding hydrogens is 331 g/mol. The second kappa shape index (κ2) is 7.48. The van der Waals surface area contributed by atoms with E-state index in [4.69, 9.17) is 0 Å². The van der Waals surface area contributed by atoms with Crippen molar-refractivity contribution in [2.45, 2.75) is 32.1 Å². The van der Waals surface area contributed by atoms with Crippen LogP contribution in [0.1, 0.15) is 32.1 Å². The van der Waals surface area contributed by atoms with Crippen LogP contribution in [0.3, 0.4) is 0 Å². The van der Waals surface area contributed by atoms with Crippen molar-refractivity contribution >= 4 is 11.9 Å². The number of para-hydroxylation sites is 1. The molecule has 6 heteroatoms. The molecule has 1 aliphatic carbocycles. The minimum atomic E-state index is -0.266. The van der Waals surface area contributed by atoms with Crippen molar-refractivity contribution < 1.29 is 9.18 Å². The first-order valence-corrected chi connectivity index (χ1v) is 9.56. The first kappa shape index (κ1) is 17.1. The third-order valence-electron chi connectivity index (χ3n) is 5.56. The number of amides is 1. The van der Waals surface area contributed by atoms with Crippen LogP contribution in [-0.4, -0.2) is 46.5 Å². The van der Waals surface area contributed by atoms with Gasteiger partial charge in [0.05, 0.1) is 5.69 Å². The smallest absolute Gasteiger partial charge is 0.225 e. The highest BCUT2D eigenvalue weighted by Crippen LogP contribution is 2.27. The molecule has 0 spiro atoms. The van der Waals surface area contributed by atoms with Crippen LogP contribution in [0.25, 0.3) is 5.69 Å². The van der Waals surface area contributed by atoms with E-state index in [1.54, 1.807) is 29.1 Å². The summed E-state index contributed by atoms with van der Waals surface area (Å²) in [6.07, 6.45) is 9.17. The number of anilines is 1. The Morgan fingerprint density at radius 2 is 1.77 bits per heavy atom. The molecule has 1 saturated heterocycles. The predicted octanol–water partition coefficient (Wildman–Crippen LogP) is 3.24. The molecule has 0 N–H and O–H groups in total. The maximum atomic E-state index is 14.2. The monoisotopic (exact) mass is 356 g/mol. The summed E-state index contributed by atoms with van der Waals surface area (Å²) < 4.78 is 15.9. The number of halogens is 1. The minimum Gasteiger partial charge on any atom is -0.339 e. The molecule has 1 saturated carbocycles. The second-order valence-electron chi connectivity index (χ2n) is 7.20. The Morgan fingerprint density at radius 1 is 1.04 bits per heavy atom. The molecule has 1 aromatic heterocycles. The Balaban J connectivity index is 1.44. The van der Waals surface area contributed by atoms with Gasteiger partial charge in [-0.25, -0.2) is 9.37 Å². The number of benzene rings is 1. The molecule has 26 heavy (non-hydrogen) atoms. The van der Waals surface area contributed by atoms with Crippen LogP contribution in [0.2, 0.25) is 0 Å². The van der Waals surface area contributed by atoms with Gasteiger partial charge in [-0.15, -0.1) is 0 Å². The zero-order valence-electron chi connectivity index (χ0n) is 15.0. The van der Waals surface area contributed by atoms with E-state index < -0.39 is 0 Å². The second-order valence-corrected chi connectivity index (χ2v) is 7.20. The summed E-state index contributed by atoms with van der Waals surface area (Å²) in [6, 6.07) is 6.72. The molecule has 138 valence electrons. The lowest BCUT2D eigenvalue weighted by Gasteiger charge is -2.37. The van der Waals surface area contributed by atoms with Gasteiger partial charge in [0.25, 0.3) is 0 Å². The Morgan fingerprint density at radius 3 is 2.50 bits per heavy atom. The zero-order chi connectivity index (χ0) is 17.9. The highest BCUT2D eigenvalue weighted by atomic mass is 19.1. The van der Waals surface area contributed by atoms with E-state index in [9.17, 15) is 9.18 Å². The summed E-state index contributed by atoms with van der Waals surface area (Å²) >= 11 is 0. The van der Waals surface area contributed by atoms with Crippen molar-refractivity contribution in [1.82, 2.24) is 14.5 Å². The molecule has 0 atom stereocenters. The van der Waals surface area contributed by atoms with Gasteiger partial charge in [-0.2, -0.15) is 0 Å². The molecule has 2 fully saturated rings. The fraction of sp³-hybridized carbons (Fsp3) is 0.500. The first-order chi connectivity index (χ1) is 12.7. The first-order valence-electron chi connectivity index (χ1n) is 9.56. The summed E-state index contributed by atoms with van der Waals surface area (Å²) in [6.45, 7) is 2.87. The summed E-state index contributed by atoms with van der Waals surface area (Å²) in [5, 5.41) is 0. The number of hydrogen-bond acceptors (Lipinski definition) is 3. The van der Waals surface area contributed by atoms with Crippen LogP contribution in [0.5, 0.6) is 0 Å². The number of imidazole rings is 1. The number of rotatable bonds is 3. The lowest BCUT2D eigenvalue weighted by Crippen LogP contribution is -2.51. The summed E-state index contributed by atoms with van der Waals surface area (Å²) in [5.74, 6) is 1.01. The lowest BCUT2D eigenvalue weighted by molar-refractivity contribution is -0.136. The van der Waals surface area contributed by atoms with Gasteiger partial charge in [-0.05, 0) is 25.0 Å². The average molecular weight is 356 g/mol. The Labute approximate surface area is 153 Å². The highest BCUT2D eigenvalue weighted by Gasteiger charge is 2.29. The van der Waals surface area contributed by atoms with E-state index in [0.717, 1.165) is 31.9 Å². The quantitative estimate of drug-likeness (QED) is 0.848. The zero-order valence-corrected chi connectivity index (χ0v) is 15.0. The van der Waals surface area contributed by atoms with Gasteiger partial charge >= 0.3 is 0 Å². The van der Waals surface area contributed by atoms with Gasteiger partial charge in [0.2, 0.25) is 11.9 Å². The third-order valence-corrected chi connectivity index (χ3v) is 5.56. The molecular formula is C20H25FN4O. The van der Waals surface area contributed by atoms with Crippen molar-refractivity contribution in [3.05, 3.63) is 42.5 Å². The van der Waals surface area contributed by atoms with E-state index in [1.807, 2.05) is 11.0 Å². The fourth-order valence-corrected chi connectivity index (χ4v) is 4.10. The van der Waals surface area contributed by atoms with Gasteiger partial charge < -0.3 is 9.80 Å². The molecule has 2 aliphatic rings. The normalized spacial score (nSPS) is 19.0. The molecule has 0 radical (unpaired) electrons. The minimum absolute atomic E-state index is 0.218. The van der Waals surface area contributed by atoms with Gasteiger partial charge in [-0.3, -0.25) is 9.36 Å². The Bertz CT molecular complexity index is 761. The largest absolute Gasteiger partial charge is 0.339 e. The number of carbonyl (C=O) groups is 1. The van der Waals surface area contributed by atoms with Crippen LogP contribution in [0.4, 0.5) is 10.3 Å². The fourth-order valence-electron chi connectivity index (χ4n) is 4.10. The van der Waals surface area contributed by atoms with Crippen molar-refractivity contribution in [3.63, 3.8) is 0 Å². The van der Waals surface area contributed by atoms with Crippen LogP contribution < -0.4 is 4.90 Å². The van der Waals surface area contributed by atoms with Crippen LogP contribution in [0.15, 0.2) is 36.7 Å². The van der Waals surface area contributed by atoms with Gasteiger partial charge in [-0.1, -0.05) is 31.4 Å². The van der Waals surface area contributed by atoms with E-state index in [0.29, 0.717) is 24.7 Å². The Kier molecular flexibility index (Phi) is 4.91. The molecule has 0 unspecified atom stereocenters. The molecule has 0 bridgehead atoms. The van der Waals surface area contributed by atoms with Crippen LogP contribution in [-0.2, 0) is 4.79 Å². The SMILES string of the molecule is O=C(C1CCCCC1)N1CCN(c2nccn2-c2ccccc2F)CC1. The predicted molar refractivity (Wildman–Crippen MR) is 98.9 cm³/mol. The third kappa shape index (κ3) is 3.32. The van der Waals surface area contributed by atoms with Gasteiger partial charge in [0.1, 0.15) is 5.82 Å². The van der Waals surface area contributed by atoms with E-state index in [-0.39, 0.29) is 11.7 Å². The maximum Gasteiger partial charge on any atom is 0.225 e. The van der Waals surface area contributed by atoms with E-state index in [2.05, 4.69) is 9.88 Å². The molecule has 1 amide bonds. The molecule has 1 aromatic carbocycles. The van der Waals surface area contributed by atoms with Gasteiger partial charge in [0.15, 0.2) is 0 Å². The molecule has 4 rings (SSSR count). The van der Waals surface area contributed by atoms with E-state index in [1.165, 1.54) is 25.3 Å². The van der Waals surface area contributed by atoms with Gasteiger partial charge in [0, 0.05) is 44.5 Å². The highest BCUT2D eigenvalue weighted by molar-refractivity contribution is 5.79. The summed E-state index contributed by atoms with van der Waals surface area (Å²) in [7, 11) is 0. The van der Waals surface area contributed by atoms with Crippen molar-refractivity contribution in [1.29, 1.82) is 0 Å². The Hall–Kier alpha value is -2.37. The standard InChI is InChI=1S/C20H25FN4O/c21-17-8-4-5-9-18(17)25-11-10-22-20(25)24-14-12-23(13-15-24)19(26)16-6-2-1-3-7-16/h4-5,8-11,16H,1-3,6-7,12-15H2. The number of carbonyl (C=O) groups excluding carboxylic acids is 1. The maximum absolute atomic E-state index is 14.2. The summed E-state index contributed by atoms with van der Waals surface area (Å²) in [5.41, 5.74) is 0.501. The summed E-state index contributed by atoms with van der Waals surface area (Å²) in [4.78, 5) is 21.3. The topological polar surface area (TPSA) is 41.4 Å². The van der Waals surface area contributed by atoms with E-state index >= 15 is 0 Å². The molecule has 2 aromatic rings. The number of aromatic nitrogens is 2. The lowest BCUT2D eigenvalue weighted by atomic mass is 9.88. The molecule has 1 aliphatic heterocycles. The van der Waals surface area contributed by atoms with Crippen LogP contribution >= 0.6 is 0 Å². The number of hydrogen-bond donors (Lipinski definition) is 0. The number of piperazine rings is 1. The van der Waals surface area contributed by atoms with Crippen LogP contribution in [0, 0.1) is 11.7 Å². The molecule has 2 heterocycles. The average Bonchev–Trinajstić information content (AvgIpc) is 3.18.